The second kappa shape index (κ2) is 9.79. The highest BCUT2D eigenvalue weighted by Gasteiger charge is 2.34. The molecule has 5 rings (SSSR count). The minimum Gasteiger partial charge on any atom is -0.481 e. The SMILES string of the molecule is COC(=O)N1c2ccc3c(nc(Cc4cccc(OC)n4)n3[C@@H]3CCC[C@@H](C(=O)O)C3)c2CCC1C. The van der Waals surface area contributed by atoms with Crippen LogP contribution in [0.2, 0.25) is 0 Å². The lowest BCUT2D eigenvalue weighted by molar-refractivity contribution is -0.143. The van der Waals surface area contributed by atoms with E-state index in [0.29, 0.717) is 25.1 Å². The van der Waals surface area contributed by atoms with Crippen LogP contribution in [0.15, 0.2) is 30.3 Å². The Kier molecular flexibility index (Phi) is 6.55. The van der Waals surface area contributed by atoms with Crippen LogP contribution >= 0.6 is 0 Å². The Labute approximate surface area is 210 Å². The number of carboxylic acids is 1. The Hall–Kier alpha value is -3.62. The first kappa shape index (κ1) is 24.1. The van der Waals surface area contributed by atoms with Crippen LogP contribution in [0.3, 0.4) is 0 Å². The Morgan fingerprint density at radius 1 is 1.11 bits per heavy atom. The molecule has 3 aromatic rings. The molecule has 1 aromatic carbocycles. The molecule has 0 saturated heterocycles. The van der Waals surface area contributed by atoms with Crippen LogP contribution in [0.25, 0.3) is 11.0 Å². The van der Waals surface area contributed by atoms with Gasteiger partial charge in [0.2, 0.25) is 5.88 Å². The second-order valence-electron chi connectivity index (χ2n) is 9.76. The largest absolute Gasteiger partial charge is 0.481 e. The third kappa shape index (κ3) is 4.27. The van der Waals surface area contributed by atoms with E-state index in [9.17, 15) is 14.7 Å². The maximum atomic E-state index is 12.6. The normalized spacial score (nSPS) is 21.8. The summed E-state index contributed by atoms with van der Waals surface area (Å²) < 4.78 is 12.6. The number of nitrogens with zero attached hydrogens (tertiary/aromatic N) is 4. The van der Waals surface area contributed by atoms with Gasteiger partial charge in [-0.2, -0.15) is 0 Å². The van der Waals surface area contributed by atoms with Crippen molar-refractivity contribution >= 4 is 28.8 Å². The van der Waals surface area contributed by atoms with Gasteiger partial charge < -0.3 is 19.1 Å². The average Bonchev–Trinajstić information content (AvgIpc) is 3.26. The number of ether oxygens (including phenoxy) is 2. The summed E-state index contributed by atoms with van der Waals surface area (Å²) in [5.74, 6) is 0.287. The lowest BCUT2D eigenvalue weighted by atomic mass is 9.85. The van der Waals surface area contributed by atoms with Crippen molar-refractivity contribution in [2.75, 3.05) is 19.1 Å². The fourth-order valence-electron chi connectivity index (χ4n) is 5.81. The molecule has 190 valence electrons. The van der Waals surface area contributed by atoms with Crippen LogP contribution in [-0.4, -0.2) is 52.0 Å². The molecule has 1 amide bonds. The van der Waals surface area contributed by atoms with E-state index in [1.165, 1.54) is 7.11 Å². The minimum absolute atomic E-state index is 0.0274. The number of amides is 1. The predicted molar refractivity (Wildman–Crippen MR) is 135 cm³/mol. The first-order valence-corrected chi connectivity index (χ1v) is 12.5. The van der Waals surface area contributed by atoms with Crippen molar-refractivity contribution in [2.24, 2.45) is 5.92 Å². The minimum atomic E-state index is -0.736. The van der Waals surface area contributed by atoms with Gasteiger partial charge in [-0.25, -0.2) is 14.8 Å². The number of methoxy groups -OCH3 is 2. The number of fused-ring (bicyclic) bond motifs is 3. The van der Waals surface area contributed by atoms with Crippen molar-refractivity contribution in [1.29, 1.82) is 0 Å². The predicted octanol–water partition coefficient (Wildman–Crippen LogP) is 4.75. The van der Waals surface area contributed by atoms with Crippen molar-refractivity contribution in [3.05, 3.63) is 47.4 Å². The fourth-order valence-corrected chi connectivity index (χ4v) is 5.81. The van der Waals surface area contributed by atoms with E-state index in [0.717, 1.165) is 59.5 Å². The molecule has 9 heteroatoms. The van der Waals surface area contributed by atoms with E-state index >= 15 is 0 Å². The summed E-state index contributed by atoms with van der Waals surface area (Å²) in [5.41, 5.74) is 4.52. The molecule has 9 nitrogen and oxygen atoms in total. The Morgan fingerprint density at radius 2 is 1.94 bits per heavy atom. The average molecular weight is 493 g/mol. The van der Waals surface area contributed by atoms with Crippen LogP contribution < -0.4 is 9.64 Å². The van der Waals surface area contributed by atoms with Crippen LogP contribution in [0.1, 0.15) is 62.2 Å². The molecular formula is C27H32N4O5. The molecule has 0 bridgehead atoms. The first-order chi connectivity index (χ1) is 17.4. The van der Waals surface area contributed by atoms with Gasteiger partial charge in [0, 0.05) is 30.1 Å². The molecular weight excluding hydrogens is 460 g/mol. The Morgan fingerprint density at radius 3 is 2.69 bits per heavy atom. The van der Waals surface area contributed by atoms with Crippen molar-refractivity contribution in [1.82, 2.24) is 14.5 Å². The zero-order valence-corrected chi connectivity index (χ0v) is 20.9. The van der Waals surface area contributed by atoms with Gasteiger partial charge in [0.05, 0.1) is 42.6 Å². The Bertz CT molecular complexity index is 1300. The number of imidazole rings is 1. The van der Waals surface area contributed by atoms with Gasteiger partial charge in [-0.05, 0) is 57.2 Å². The molecule has 3 atom stereocenters. The summed E-state index contributed by atoms with van der Waals surface area (Å²) >= 11 is 0. The number of hydrogen-bond donors (Lipinski definition) is 1. The Balaban J connectivity index is 1.65. The van der Waals surface area contributed by atoms with Gasteiger partial charge in [0.25, 0.3) is 0 Å². The van der Waals surface area contributed by atoms with E-state index in [-0.39, 0.29) is 24.1 Å². The monoisotopic (exact) mass is 492 g/mol. The summed E-state index contributed by atoms with van der Waals surface area (Å²) in [6, 6.07) is 9.72. The van der Waals surface area contributed by atoms with Crippen LogP contribution in [-0.2, 0) is 22.4 Å². The topological polar surface area (TPSA) is 107 Å². The number of aliphatic carboxylic acids is 1. The number of anilines is 1. The number of rotatable bonds is 5. The number of carbonyl (C=O) groups is 2. The van der Waals surface area contributed by atoms with E-state index < -0.39 is 5.97 Å². The highest BCUT2D eigenvalue weighted by atomic mass is 16.5. The highest BCUT2D eigenvalue weighted by Crippen LogP contribution is 2.40. The van der Waals surface area contributed by atoms with Crippen molar-refractivity contribution < 1.29 is 24.2 Å². The third-order valence-electron chi connectivity index (χ3n) is 7.59. The molecule has 1 aliphatic carbocycles. The van der Waals surface area contributed by atoms with Crippen molar-refractivity contribution in [2.45, 2.75) is 64.0 Å². The summed E-state index contributed by atoms with van der Waals surface area (Å²) in [6.07, 6.45) is 4.76. The number of aryl methyl sites for hydroxylation is 1. The van der Waals surface area contributed by atoms with Crippen LogP contribution in [0.5, 0.6) is 5.88 Å². The van der Waals surface area contributed by atoms with E-state index in [2.05, 4.69) is 9.55 Å². The standard InChI is InChI=1S/C27H32N4O5/c1-16-10-11-20-21(30(16)27(34)36-3)12-13-22-25(20)29-23(15-18-7-5-9-24(28-18)35-2)31(22)19-8-4-6-17(14-19)26(32)33/h5,7,9,12-13,16-17,19H,4,6,8,10-11,14-15H2,1-3H3,(H,32,33)/t16?,17-,19-/m1/s1. The van der Waals surface area contributed by atoms with Gasteiger partial charge in [-0.15, -0.1) is 0 Å². The number of hydrogen-bond acceptors (Lipinski definition) is 6. The highest BCUT2D eigenvalue weighted by molar-refractivity contribution is 5.95. The smallest absolute Gasteiger partial charge is 0.414 e. The first-order valence-electron chi connectivity index (χ1n) is 12.5. The van der Waals surface area contributed by atoms with Crippen LogP contribution in [0.4, 0.5) is 10.5 Å². The third-order valence-corrected chi connectivity index (χ3v) is 7.59. The summed E-state index contributed by atoms with van der Waals surface area (Å²) in [6.45, 7) is 2.02. The summed E-state index contributed by atoms with van der Waals surface area (Å²) in [7, 11) is 2.99. The van der Waals surface area contributed by atoms with Gasteiger partial charge in [0.15, 0.2) is 0 Å². The van der Waals surface area contributed by atoms with E-state index in [1.807, 2.05) is 37.3 Å². The van der Waals surface area contributed by atoms with Gasteiger partial charge in [0.1, 0.15) is 5.82 Å². The number of benzene rings is 1. The lowest BCUT2D eigenvalue weighted by Gasteiger charge is -2.34. The number of pyridine rings is 1. The molecule has 1 fully saturated rings. The maximum Gasteiger partial charge on any atom is 0.414 e. The van der Waals surface area contributed by atoms with Gasteiger partial charge in [-0.1, -0.05) is 12.5 Å². The lowest BCUT2D eigenvalue weighted by Crippen LogP contribution is -2.42. The van der Waals surface area contributed by atoms with Crippen molar-refractivity contribution in [3.8, 4) is 5.88 Å². The molecule has 1 saturated carbocycles. The number of carboxylic acid groups (broad SMARTS) is 1. The maximum absolute atomic E-state index is 12.6. The number of carbonyl (C=O) groups excluding carboxylic acids is 1. The quantitative estimate of drug-likeness (QED) is 0.547. The molecule has 3 heterocycles. The van der Waals surface area contributed by atoms with Gasteiger partial charge in [-0.3, -0.25) is 9.69 Å². The summed E-state index contributed by atoms with van der Waals surface area (Å²) in [5, 5.41) is 9.72. The van der Waals surface area contributed by atoms with E-state index in [4.69, 9.17) is 14.5 Å². The molecule has 36 heavy (non-hydrogen) atoms. The molecule has 1 unspecified atom stereocenters. The zero-order chi connectivity index (χ0) is 25.4. The van der Waals surface area contributed by atoms with Crippen LogP contribution in [0, 0.1) is 5.92 Å². The second-order valence-corrected chi connectivity index (χ2v) is 9.76. The molecule has 2 aromatic heterocycles. The fraction of sp³-hybridized carbons (Fsp3) is 0.481. The van der Waals surface area contributed by atoms with Crippen molar-refractivity contribution in [3.63, 3.8) is 0 Å². The summed E-state index contributed by atoms with van der Waals surface area (Å²) in [4.78, 5) is 35.9. The molecule has 1 aliphatic heterocycles. The molecule has 2 aliphatic rings. The van der Waals surface area contributed by atoms with Gasteiger partial charge >= 0.3 is 12.1 Å². The zero-order valence-electron chi connectivity index (χ0n) is 20.9. The molecule has 0 spiro atoms. The molecule has 1 N–H and O–H groups in total. The van der Waals surface area contributed by atoms with E-state index in [1.54, 1.807) is 12.0 Å². The molecule has 0 radical (unpaired) electrons. The number of aromatic nitrogens is 3.